The van der Waals surface area contributed by atoms with E-state index in [0.29, 0.717) is 11.7 Å². The van der Waals surface area contributed by atoms with Crippen LogP contribution in [0.5, 0.6) is 11.5 Å². The molecule has 0 unspecified atom stereocenters. The summed E-state index contributed by atoms with van der Waals surface area (Å²) in [7, 11) is 1.45. The Kier molecular flexibility index (Phi) is 2.98. The molecule has 3 N–H and O–H groups in total. The van der Waals surface area contributed by atoms with Crippen LogP contribution in [0.15, 0.2) is 36.3 Å². The summed E-state index contributed by atoms with van der Waals surface area (Å²) in [6, 6.07) is 4.34. The number of ether oxygens (including phenoxy) is 1. The molecule has 1 aliphatic rings. The highest BCUT2D eigenvalue weighted by Gasteiger charge is 2.26. The molecule has 0 saturated heterocycles. The van der Waals surface area contributed by atoms with E-state index in [1.165, 1.54) is 25.6 Å². The molecule has 1 atom stereocenters. The number of nitrogens with one attached hydrogen (secondary N) is 1. The van der Waals surface area contributed by atoms with Gasteiger partial charge in [0, 0.05) is 0 Å². The zero-order chi connectivity index (χ0) is 15.0. The third-order valence-corrected chi connectivity index (χ3v) is 3.18. The van der Waals surface area contributed by atoms with Crippen molar-refractivity contribution in [1.82, 2.24) is 14.8 Å². The summed E-state index contributed by atoms with van der Waals surface area (Å²) >= 11 is 0. The molecule has 8 nitrogen and oxygen atoms in total. The number of carboxylic acid groups (broad SMARTS) is 1. The van der Waals surface area contributed by atoms with Gasteiger partial charge in [-0.25, -0.2) is 9.48 Å². The number of carboxylic acids is 1. The van der Waals surface area contributed by atoms with Gasteiger partial charge in [0.1, 0.15) is 18.1 Å². The van der Waals surface area contributed by atoms with Crippen molar-refractivity contribution < 1.29 is 19.7 Å². The number of aliphatic carboxylic acids is 1. The first kappa shape index (κ1) is 13.0. The van der Waals surface area contributed by atoms with Crippen molar-refractivity contribution in [2.75, 3.05) is 12.4 Å². The van der Waals surface area contributed by atoms with E-state index in [-0.39, 0.29) is 11.4 Å². The summed E-state index contributed by atoms with van der Waals surface area (Å²) in [6.45, 7) is 0. The maximum absolute atomic E-state index is 11.2. The summed E-state index contributed by atoms with van der Waals surface area (Å²) < 4.78 is 6.63. The highest BCUT2D eigenvalue weighted by atomic mass is 16.5. The summed E-state index contributed by atoms with van der Waals surface area (Å²) in [4.78, 5) is 15.2. The molecule has 0 spiro atoms. The monoisotopic (exact) mass is 288 g/mol. The third-order valence-electron chi connectivity index (χ3n) is 3.18. The second kappa shape index (κ2) is 4.82. The van der Waals surface area contributed by atoms with Crippen molar-refractivity contribution in [3.05, 3.63) is 41.9 Å². The fourth-order valence-corrected chi connectivity index (χ4v) is 2.17. The van der Waals surface area contributed by atoms with Crippen molar-refractivity contribution in [2.45, 2.75) is 6.04 Å². The molecule has 0 amide bonds. The normalized spacial score (nSPS) is 16.6. The van der Waals surface area contributed by atoms with Crippen LogP contribution in [0.4, 0.5) is 5.95 Å². The molecule has 21 heavy (non-hydrogen) atoms. The lowest BCUT2D eigenvalue weighted by Crippen LogP contribution is -2.24. The van der Waals surface area contributed by atoms with Crippen molar-refractivity contribution in [3.8, 4) is 11.5 Å². The molecule has 2 aromatic rings. The van der Waals surface area contributed by atoms with Gasteiger partial charge in [0.15, 0.2) is 11.5 Å². The van der Waals surface area contributed by atoms with Crippen LogP contribution < -0.4 is 10.1 Å². The number of fused-ring (bicyclic) bond motifs is 1. The first-order chi connectivity index (χ1) is 10.1. The number of methoxy groups -OCH3 is 1. The lowest BCUT2D eigenvalue weighted by molar-refractivity contribution is -0.132. The standard InChI is InChI=1S/C13H12N4O4/c1-21-11-4-7(2-3-10(11)18)9-5-8(12(19)20)16-13-14-6-15-17(9)13/h2-6,9,18H,1H3,(H,19,20)(H,14,15,16)/t9-/m0/s1. The van der Waals surface area contributed by atoms with Crippen LogP contribution in [-0.2, 0) is 4.79 Å². The SMILES string of the molecule is COc1cc([C@@H]2C=C(C(=O)O)Nc3ncnn32)ccc1O. The van der Waals surface area contributed by atoms with E-state index < -0.39 is 12.0 Å². The quantitative estimate of drug-likeness (QED) is 0.772. The van der Waals surface area contributed by atoms with Gasteiger partial charge >= 0.3 is 5.97 Å². The number of nitrogens with zero attached hydrogens (tertiary/aromatic N) is 3. The molecular formula is C13H12N4O4. The van der Waals surface area contributed by atoms with Gasteiger partial charge in [0.2, 0.25) is 5.95 Å². The molecule has 0 bridgehead atoms. The predicted molar refractivity (Wildman–Crippen MR) is 72.2 cm³/mol. The van der Waals surface area contributed by atoms with E-state index >= 15 is 0 Å². The van der Waals surface area contributed by atoms with Crippen molar-refractivity contribution in [1.29, 1.82) is 0 Å². The molecule has 2 heterocycles. The van der Waals surface area contributed by atoms with Crippen LogP contribution in [0.25, 0.3) is 0 Å². The molecule has 108 valence electrons. The minimum Gasteiger partial charge on any atom is -0.504 e. The van der Waals surface area contributed by atoms with E-state index in [1.54, 1.807) is 16.8 Å². The highest BCUT2D eigenvalue weighted by molar-refractivity contribution is 5.90. The van der Waals surface area contributed by atoms with Gasteiger partial charge in [-0.05, 0) is 23.8 Å². The van der Waals surface area contributed by atoms with E-state index in [4.69, 9.17) is 9.84 Å². The number of benzene rings is 1. The van der Waals surface area contributed by atoms with Crippen LogP contribution in [0.1, 0.15) is 11.6 Å². The lowest BCUT2D eigenvalue weighted by atomic mass is 10.0. The first-order valence-electron chi connectivity index (χ1n) is 6.08. The number of rotatable bonds is 3. The fourth-order valence-electron chi connectivity index (χ4n) is 2.17. The Morgan fingerprint density at radius 3 is 3.00 bits per heavy atom. The molecule has 0 aliphatic carbocycles. The molecule has 0 saturated carbocycles. The molecular weight excluding hydrogens is 276 g/mol. The number of phenols is 1. The Balaban J connectivity index is 2.10. The average Bonchev–Trinajstić information content (AvgIpc) is 2.95. The molecule has 1 aromatic heterocycles. The second-order valence-electron chi connectivity index (χ2n) is 4.41. The van der Waals surface area contributed by atoms with Crippen molar-refractivity contribution in [3.63, 3.8) is 0 Å². The molecule has 8 heteroatoms. The van der Waals surface area contributed by atoms with Crippen LogP contribution in [-0.4, -0.2) is 38.1 Å². The fraction of sp³-hybridized carbons (Fsp3) is 0.154. The van der Waals surface area contributed by atoms with Crippen LogP contribution in [0, 0.1) is 0 Å². The maximum Gasteiger partial charge on any atom is 0.352 e. The second-order valence-corrected chi connectivity index (χ2v) is 4.41. The lowest BCUT2D eigenvalue weighted by Gasteiger charge is -2.22. The zero-order valence-electron chi connectivity index (χ0n) is 11.0. The molecule has 1 aliphatic heterocycles. The molecule has 3 rings (SSSR count). The van der Waals surface area contributed by atoms with Crippen LogP contribution >= 0.6 is 0 Å². The van der Waals surface area contributed by atoms with Gasteiger partial charge in [-0.3, -0.25) is 0 Å². The highest BCUT2D eigenvalue weighted by Crippen LogP contribution is 2.33. The molecule has 1 aromatic carbocycles. The third kappa shape index (κ3) is 2.16. The summed E-state index contributed by atoms with van der Waals surface area (Å²) in [5, 5.41) is 25.6. The number of hydrogen-bond acceptors (Lipinski definition) is 6. The van der Waals surface area contributed by atoms with Gasteiger partial charge in [-0.2, -0.15) is 10.1 Å². The van der Waals surface area contributed by atoms with Crippen LogP contribution in [0.3, 0.4) is 0 Å². The number of anilines is 1. The average molecular weight is 288 g/mol. The number of aromatic nitrogens is 3. The molecule has 0 radical (unpaired) electrons. The predicted octanol–water partition coefficient (Wildman–Crippen LogP) is 0.976. The Morgan fingerprint density at radius 1 is 1.48 bits per heavy atom. The summed E-state index contributed by atoms with van der Waals surface area (Å²) in [6.07, 6.45) is 2.86. The number of phenolic OH excluding ortho intramolecular Hbond substituents is 1. The Hall–Kier alpha value is -3.03. The minimum atomic E-state index is -1.08. The van der Waals surface area contributed by atoms with Gasteiger partial charge in [0.05, 0.1) is 7.11 Å². The minimum absolute atomic E-state index is 0.0106. The number of hydrogen-bond donors (Lipinski definition) is 3. The van der Waals surface area contributed by atoms with Gasteiger partial charge in [0.25, 0.3) is 0 Å². The van der Waals surface area contributed by atoms with E-state index in [9.17, 15) is 9.90 Å². The van der Waals surface area contributed by atoms with Gasteiger partial charge < -0.3 is 20.3 Å². The van der Waals surface area contributed by atoms with Crippen molar-refractivity contribution >= 4 is 11.9 Å². The number of allylic oxidation sites excluding steroid dienone is 1. The summed E-state index contributed by atoms with van der Waals surface area (Å²) in [5.74, 6) is -0.429. The maximum atomic E-state index is 11.2. The van der Waals surface area contributed by atoms with E-state index in [1.807, 2.05) is 0 Å². The van der Waals surface area contributed by atoms with Gasteiger partial charge in [-0.1, -0.05) is 6.07 Å². The van der Waals surface area contributed by atoms with E-state index in [0.717, 1.165) is 5.56 Å². The first-order valence-corrected chi connectivity index (χ1v) is 6.08. The van der Waals surface area contributed by atoms with E-state index in [2.05, 4.69) is 15.4 Å². The number of carbonyl (C=O) groups is 1. The van der Waals surface area contributed by atoms with Crippen molar-refractivity contribution in [2.24, 2.45) is 0 Å². The smallest absolute Gasteiger partial charge is 0.352 e. The summed E-state index contributed by atoms with van der Waals surface area (Å²) in [5.41, 5.74) is 0.740. The molecule has 0 fully saturated rings. The topological polar surface area (TPSA) is 110 Å². The van der Waals surface area contributed by atoms with Gasteiger partial charge in [-0.15, -0.1) is 0 Å². The number of aromatic hydroxyl groups is 1. The Morgan fingerprint density at radius 2 is 2.29 bits per heavy atom. The Labute approximate surface area is 119 Å². The van der Waals surface area contributed by atoms with Crippen LogP contribution in [0.2, 0.25) is 0 Å². The Bertz CT molecular complexity index is 738. The largest absolute Gasteiger partial charge is 0.504 e. The zero-order valence-corrected chi connectivity index (χ0v) is 11.0.